The average Bonchev–Trinajstić information content (AvgIpc) is 2.46. The maximum Gasteiger partial charge on any atom is 0.249 e. The van der Waals surface area contributed by atoms with Crippen molar-refractivity contribution in [2.24, 2.45) is 16.6 Å². The summed E-state index contributed by atoms with van der Waals surface area (Å²) in [6.45, 7) is 2.08. The van der Waals surface area contributed by atoms with Crippen LogP contribution in [0.2, 0.25) is 0 Å². The van der Waals surface area contributed by atoms with E-state index in [0.29, 0.717) is 5.56 Å². The highest BCUT2D eigenvalue weighted by molar-refractivity contribution is 5.84. The lowest BCUT2D eigenvalue weighted by Gasteiger charge is -2.34. The van der Waals surface area contributed by atoms with Crippen LogP contribution in [0.15, 0.2) is 23.2 Å². The number of hydrogen-bond acceptors (Lipinski definition) is 4. The number of rotatable bonds is 4. The van der Waals surface area contributed by atoms with Crippen LogP contribution in [0.4, 0.5) is 13.2 Å². The van der Waals surface area contributed by atoms with Crippen LogP contribution in [0.25, 0.3) is 0 Å². The summed E-state index contributed by atoms with van der Waals surface area (Å²) in [6, 6.07) is 4.31. The monoisotopic (exact) mass is 340 g/mol. The van der Waals surface area contributed by atoms with E-state index in [0.717, 1.165) is 0 Å². The third-order valence-corrected chi connectivity index (χ3v) is 4.56. The highest BCUT2D eigenvalue weighted by Crippen LogP contribution is 2.43. The molecule has 1 fully saturated rings. The number of nitrogens with zero attached hydrogens (tertiary/aromatic N) is 1. The van der Waals surface area contributed by atoms with Gasteiger partial charge in [-0.25, -0.2) is 13.2 Å². The number of ketones is 1. The maximum absolute atomic E-state index is 14.3. The number of alkyl halides is 2. The quantitative estimate of drug-likeness (QED) is 0.916. The van der Waals surface area contributed by atoms with E-state index < -0.39 is 36.0 Å². The molecule has 1 aromatic rings. The van der Waals surface area contributed by atoms with Crippen molar-refractivity contribution in [2.45, 2.75) is 37.6 Å². The predicted octanol–water partition coefficient (Wildman–Crippen LogP) is 2.59. The molecular weight excluding hydrogens is 321 g/mol. The molecule has 1 heterocycles. The molecule has 2 N–H and O–H groups in total. The minimum absolute atomic E-state index is 0.00413. The van der Waals surface area contributed by atoms with Gasteiger partial charge < -0.3 is 10.5 Å². The van der Waals surface area contributed by atoms with E-state index in [2.05, 4.69) is 4.99 Å². The van der Waals surface area contributed by atoms with Gasteiger partial charge in [-0.3, -0.25) is 9.79 Å². The molecule has 2 aliphatic rings. The minimum Gasteiger partial charge on any atom is -0.386 e. The number of Topliss-reactive ketones (excluding diaryl/α,β-unsaturated/α-hetero) is 1. The topological polar surface area (TPSA) is 64.7 Å². The molecule has 0 bridgehead atoms. The summed E-state index contributed by atoms with van der Waals surface area (Å²) in [7, 11) is 0. The second-order valence-corrected chi connectivity index (χ2v) is 6.79. The molecule has 0 amide bonds. The summed E-state index contributed by atoms with van der Waals surface area (Å²) in [5.74, 6) is -3.78. The van der Waals surface area contributed by atoms with Crippen LogP contribution in [-0.2, 0) is 21.5 Å². The summed E-state index contributed by atoms with van der Waals surface area (Å²) in [5, 5.41) is 0. The van der Waals surface area contributed by atoms with Gasteiger partial charge in [0.15, 0.2) is 0 Å². The Morgan fingerprint density at radius 3 is 2.75 bits per heavy atom. The first kappa shape index (κ1) is 17.0. The molecule has 0 radical (unpaired) electrons. The number of carbonyl (C=O) groups is 1. The van der Waals surface area contributed by atoms with E-state index in [9.17, 15) is 18.0 Å². The summed E-state index contributed by atoms with van der Waals surface area (Å²) in [4.78, 5) is 16.4. The van der Waals surface area contributed by atoms with Crippen molar-refractivity contribution in [3.63, 3.8) is 0 Å². The van der Waals surface area contributed by atoms with E-state index in [1.54, 1.807) is 13.0 Å². The van der Waals surface area contributed by atoms with Gasteiger partial charge in [-0.15, -0.1) is 0 Å². The molecule has 0 unspecified atom stereocenters. The number of halogens is 3. The number of carbonyl (C=O) groups excluding carboxylic acids is 1. The van der Waals surface area contributed by atoms with Crippen LogP contribution in [0.1, 0.15) is 30.9 Å². The van der Waals surface area contributed by atoms with Gasteiger partial charge in [-0.1, -0.05) is 6.07 Å². The minimum atomic E-state index is -2.73. The fourth-order valence-electron chi connectivity index (χ4n) is 3.20. The first-order chi connectivity index (χ1) is 11.2. The Bertz CT molecular complexity index is 697. The lowest BCUT2D eigenvalue weighted by atomic mass is 9.77. The fraction of sp³-hybridized carbons (Fsp3) is 0.529. The molecule has 0 saturated heterocycles. The maximum atomic E-state index is 14.3. The predicted molar refractivity (Wildman–Crippen MR) is 82.6 cm³/mol. The second kappa shape index (κ2) is 5.88. The SMILES string of the molecule is C[C@@]1(c2cc(CC(=O)C3CC(F)(F)C3)ccc2F)COCC(N)=N1. The molecule has 7 heteroatoms. The number of aliphatic imine (C=N–C) groups is 1. The van der Waals surface area contributed by atoms with Crippen LogP contribution in [0.3, 0.4) is 0 Å². The molecular formula is C17H19F3N2O2. The van der Waals surface area contributed by atoms with Gasteiger partial charge in [-0.2, -0.15) is 0 Å². The third-order valence-electron chi connectivity index (χ3n) is 4.56. The summed E-state index contributed by atoms with van der Waals surface area (Å²) in [6.07, 6.45) is -0.789. The number of nitrogens with two attached hydrogens (primary N) is 1. The first-order valence-corrected chi connectivity index (χ1v) is 7.80. The molecule has 130 valence electrons. The molecule has 1 aliphatic heterocycles. The zero-order valence-electron chi connectivity index (χ0n) is 13.3. The smallest absolute Gasteiger partial charge is 0.249 e. The van der Waals surface area contributed by atoms with Gasteiger partial charge in [0, 0.05) is 30.7 Å². The van der Waals surface area contributed by atoms with Crippen LogP contribution in [0, 0.1) is 11.7 Å². The number of amidine groups is 1. The van der Waals surface area contributed by atoms with Gasteiger partial charge in [0.05, 0.1) is 6.61 Å². The largest absolute Gasteiger partial charge is 0.386 e. The number of benzene rings is 1. The highest BCUT2D eigenvalue weighted by atomic mass is 19.3. The van der Waals surface area contributed by atoms with Crippen molar-refractivity contribution in [2.75, 3.05) is 13.2 Å². The molecule has 1 aromatic carbocycles. The van der Waals surface area contributed by atoms with Crippen molar-refractivity contribution >= 4 is 11.6 Å². The zero-order chi connectivity index (χ0) is 17.5. The van der Waals surface area contributed by atoms with E-state index in [-0.39, 0.29) is 36.8 Å². The standard InChI is InChI=1S/C17H19F3N2O2/c1-16(9-24-8-15(21)22-16)12-4-10(2-3-13(12)18)5-14(23)11-6-17(19,20)7-11/h2-4,11H,5-9H2,1H3,(H2,21,22)/t16-/m0/s1. The van der Waals surface area contributed by atoms with Crippen LogP contribution < -0.4 is 5.73 Å². The van der Waals surface area contributed by atoms with Crippen LogP contribution >= 0.6 is 0 Å². The third kappa shape index (κ3) is 3.31. The molecule has 3 rings (SSSR count). The van der Waals surface area contributed by atoms with Gasteiger partial charge >= 0.3 is 0 Å². The Hall–Kier alpha value is -1.89. The summed E-state index contributed by atoms with van der Waals surface area (Å²) < 4.78 is 45.4. The van der Waals surface area contributed by atoms with Crippen LogP contribution in [0.5, 0.6) is 0 Å². The van der Waals surface area contributed by atoms with E-state index >= 15 is 0 Å². The molecule has 0 aromatic heterocycles. The molecule has 1 aliphatic carbocycles. The van der Waals surface area contributed by atoms with Crippen molar-refractivity contribution < 1.29 is 22.7 Å². The molecule has 1 atom stereocenters. The second-order valence-electron chi connectivity index (χ2n) is 6.79. The van der Waals surface area contributed by atoms with Crippen LogP contribution in [-0.4, -0.2) is 30.8 Å². The van der Waals surface area contributed by atoms with Gasteiger partial charge in [0.25, 0.3) is 0 Å². The lowest BCUT2D eigenvalue weighted by molar-refractivity contribution is -0.147. The fourth-order valence-corrected chi connectivity index (χ4v) is 3.20. The Kier molecular flexibility index (Phi) is 4.15. The highest BCUT2D eigenvalue weighted by Gasteiger charge is 2.48. The van der Waals surface area contributed by atoms with Crippen molar-refractivity contribution in [3.8, 4) is 0 Å². The number of hydrogen-bond donors (Lipinski definition) is 1. The number of ether oxygens (including phenoxy) is 1. The lowest BCUT2D eigenvalue weighted by Crippen LogP contribution is -2.40. The first-order valence-electron chi connectivity index (χ1n) is 7.80. The normalized spacial score (nSPS) is 26.6. The van der Waals surface area contributed by atoms with Crippen molar-refractivity contribution in [1.82, 2.24) is 0 Å². The Morgan fingerprint density at radius 1 is 1.42 bits per heavy atom. The Labute approximate surface area is 137 Å². The summed E-state index contributed by atoms with van der Waals surface area (Å²) >= 11 is 0. The Morgan fingerprint density at radius 2 is 2.12 bits per heavy atom. The summed E-state index contributed by atoms with van der Waals surface area (Å²) in [5.41, 5.74) is 5.58. The average molecular weight is 340 g/mol. The molecule has 0 spiro atoms. The van der Waals surface area contributed by atoms with Crippen molar-refractivity contribution in [1.29, 1.82) is 0 Å². The van der Waals surface area contributed by atoms with E-state index in [4.69, 9.17) is 10.5 Å². The zero-order valence-corrected chi connectivity index (χ0v) is 13.3. The molecule has 1 saturated carbocycles. The molecule has 24 heavy (non-hydrogen) atoms. The van der Waals surface area contributed by atoms with Gasteiger partial charge in [0.2, 0.25) is 5.92 Å². The van der Waals surface area contributed by atoms with E-state index in [1.807, 2.05) is 0 Å². The van der Waals surface area contributed by atoms with Gasteiger partial charge in [-0.05, 0) is 24.6 Å². The van der Waals surface area contributed by atoms with Crippen molar-refractivity contribution in [3.05, 3.63) is 35.1 Å². The van der Waals surface area contributed by atoms with Gasteiger partial charge in [0.1, 0.15) is 29.6 Å². The Balaban J connectivity index is 1.79. The molecule has 4 nitrogen and oxygen atoms in total. The van der Waals surface area contributed by atoms with E-state index in [1.165, 1.54) is 12.1 Å².